The summed E-state index contributed by atoms with van der Waals surface area (Å²) in [6.45, 7) is 0. The van der Waals surface area contributed by atoms with Crippen LogP contribution in [0.15, 0.2) is 237 Å². The first-order chi connectivity index (χ1) is 31.3. The standard InChI is InChI=1S/C60H39N3/c1-3-18-40(19-4-1)44-22-7-9-24-46(44)47-25-10-8-23-45(47)41-36-38-43(39-37-41)61(42-20-5-2-6-21-42)53-31-13-14-32-54(53)62-55-33-16-27-49-51-29-15-28-50-48-26-11-12-30-52(48)63(60(50)51)57-35-17-34-56(62)59(57)58(49)55/h1-39H. The summed E-state index contributed by atoms with van der Waals surface area (Å²) < 4.78 is 5.00. The molecule has 0 aliphatic carbocycles. The van der Waals surface area contributed by atoms with E-state index in [-0.39, 0.29) is 0 Å². The van der Waals surface area contributed by atoms with Crippen LogP contribution >= 0.6 is 0 Å². The number of hydrogen-bond donors (Lipinski definition) is 0. The number of nitrogens with zero attached hydrogens (tertiary/aromatic N) is 3. The minimum atomic E-state index is 1.08. The molecule has 0 aliphatic heterocycles. The average molecular weight is 802 g/mol. The van der Waals surface area contributed by atoms with E-state index in [0.717, 1.165) is 22.7 Å². The van der Waals surface area contributed by atoms with Gasteiger partial charge in [-0.3, -0.25) is 0 Å². The highest BCUT2D eigenvalue weighted by Gasteiger charge is 2.25. The minimum Gasteiger partial charge on any atom is -0.308 e. The largest absolute Gasteiger partial charge is 0.308 e. The Morgan fingerprint density at radius 3 is 1.51 bits per heavy atom. The first kappa shape index (κ1) is 35.4. The highest BCUT2D eigenvalue weighted by atomic mass is 15.2. The Labute approximate surface area is 364 Å². The lowest BCUT2D eigenvalue weighted by atomic mass is 9.89. The van der Waals surface area contributed by atoms with Gasteiger partial charge in [0.25, 0.3) is 0 Å². The molecule has 63 heavy (non-hydrogen) atoms. The topological polar surface area (TPSA) is 12.6 Å². The van der Waals surface area contributed by atoms with Gasteiger partial charge in [0, 0.05) is 38.3 Å². The number of para-hydroxylation sites is 5. The number of rotatable bonds is 7. The van der Waals surface area contributed by atoms with Crippen LogP contribution in [0.4, 0.5) is 17.1 Å². The van der Waals surface area contributed by atoms with Crippen molar-refractivity contribution in [3.05, 3.63) is 237 Å². The van der Waals surface area contributed by atoms with Gasteiger partial charge in [0.1, 0.15) is 0 Å². The molecule has 10 aromatic carbocycles. The molecule has 294 valence electrons. The molecule has 0 radical (unpaired) electrons. The zero-order chi connectivity index (χ0) is 41.4. The molecule has 0 amide bonds. The lowest BCUT2D eigenvalue weighted by molar-refractivity contribution is 1.15. The molecule has 3 nitrogen and oxygen atoms in total. The van der Waals surface area contributed by atoms with Crippen LogP contribution in [0.3, 0.4) is 0 Å². The van der Waals surface area contributed by atoms with Crippen molar-refractivity contribution in [2.45, 2.75) is 0 Å². The molecule has 0 aliphatic rings. The molecule has 0 saturated carbocycles. The molecule has 0 atom stereocenters. The fraction of sp³-hybridized carbons (Fsp3) is 0. The molecule has 0 N–H and O–H groups in total. The van der Waals surface area contributed by atoms with Crippen molar-refractivity contribution in [3.63, 3.8) is 0 Å². The van der Waals surface area contributed by atoms with Crippen LogP contribution in [0.25, 0.3) is 99.0 Å². The Balaban J connectivity index is 1.01. The van der Waals surface area contributed by atoms with Crippen molar-refractivity contribution in [2.75, 3.05) is 4.90 Å². The van der Waals surface area contributed by atoms with E-state index in [4.69, 9.17) is 0 Å². The van der Waals surface area contributed by atoms with Crippen molar-refractivity contribution in [2.24, 2.45) is 0 Å². The van der Waals surface area contributed by atoms with Crippen LogP contribution < -0.4 is 4.90 Å². The maximum absolute atomic E-state index is 2.51. The Bertz CT molecular complexity index is 3840. The second-order valence-corrected chi connectivity index (χ2v) is 16.4. The summed E-state index contributed by atoms with van der Waals surface area (Å²) in [5.41, 5.74) is 17.7. The molecule has 0 fully saturated rings. The molecule has 13 rings (SSSR count). The van der Waals surface area contributed by atoms with Gasteiger partial charge in [0.2, 0.25) is 0 Å². The second kappa shape index (κ2) is 14.1. The molecule has 0 bridgehead atoms. The lowest BCUT2D eigenvalue weighted by Crippen LogP contribution is -2.13. The first-order valence-electron chi connectivity index (χ1n) is 21.7. The van der Waals surface area contributed by atoms with E-state index >= 15 is 0 Å². The van der Waals surface area contributed by atoms with Gasteiger partial charge in [-0.2, -0.15) is 0 Å². The second-order valence-electron chi connectivity index (χ2n) is 16.4. The third-order valence-corrected chi connectivity index (χ3v) is 13.1. The number of fused-ring (bicyclic) bond motifs is 5. The maximum Gasteiger partial charge on any atom is 0.0702 e. The first-order valence-corrected chi connectivity index (χ1v) is 21.7. The van der Waals surface area contributed by atoms with Crippen LogP contribution in [0.5, 0.6) is 0 Å². The van der Waals surface area contributed by atoms with E-state index < -0.39 is 0 Å². The third kappa shape index (κ3) is 5.33. The zero-order valence-corrected chi connectivity index (χ0v) is 34.4. The maximum atomic E-state index is 2.51. The van der Waals surface area contributed by atoms with Gasteiger partial charge in [0.15, 0.2) is 0 Å². The Hall–Kier alpha value is -8.40. The predicted octanol–water partition coefficient (Wildman–Crippen LogP) is 16.4. The molecule has 13 aromatic rings. The molecule has 0 unspecified atom stereocenters. The summed E-state index contributed by atoms with van der Waals surface area (Å²) in [5.74, 6) is 0. The van der Waals surface area contributed by atoms with Crippen LogP contribution in [-0.2, 0) is 0 Å². The Morgan fingerprint density at radius 2 is 0.762 bits per heavy atom. The predicted molar refractivity (Wildman–Crippen MR) is 266 cm³/mol. The van der Waals surface area contributed by atoms with Gasteiger partial charge >= 0.3 is 0 Å². The molecular weight excluding hydrogens is 763 g/mol. The molecular formula is C60H39N3. The summed E-state index contributed by atoms with van der Waals surface area (Å²) in [6, 6.07) is 86.3. The summed E-state index contributed by atoms with van der Waals surface area (Å²) in [6.07, 6.45) is 0. The van der Waals surface area contributed by atoms with Gasteiger partial charge in [-0.05, 0) is 99.4 Å². The molecule has 0 saturated heterocycles. The van der Waals surface area contributed by atoms with Crippen molar-refractivity contribution >= 4 is 77.0 Å². The number of anilines is 3. The summed E-state index contributed by atoms with van der Waals surface area (Å²) in [4.78, 5) is 2.41. The highest BCUT2D eigenvalue weighted by Crippen LogP contribution is 2.47. The third-order valence-electron chi connectivity index (χ3n) is 13.1. The summed E-state index contributed by atoms with van der Waals surface area (Å²) >= 11 is 0. The Kier molecular flexibility index (Phi) is 7.91. The van der Waals surface area contributed by atoms with E-state index in [0.29, 0.717) is 0 Å². The molecule has 3 heterocycles. The SMILES string of the molecule is c1ccc(-c2ccccc2-c2ccccc2-c2ccc(N(c3ccccc3)c3ccccc3-n3c4cccc5c6cccc7c8ccccc8n(c8cccc3c8c54)c67)cc2)cc1. The minimum absolute atomic E-state index is 1.08. The van der Waals surface area contributed by atoms with Crippen LogP contribution in [0, 0.1) is 0 Å². The average Bonchev–Trinajstić information content (AvgIpc) is 3.84. The van der Waals surface area contributed by atoms with E-state index in [1.54, 1.807) is 0 Å². The molecule has 3 heteroatoms. The highest BCUT2D eigenvalue weighted by molar-refractivity contribution is 6.31. The van der Waals surface area contributed by atoms with Gasteiger partial charge in [-0.1, -0.05) is 176 Å². The van der Waals surface area contributed by atoms with Gasteiger partial charge in [0.05, 0.1) is 39.0 Å². The van der Waals surface area contributed by atoms with Crippen LogP contribution in [-0.4, -0.2) is 8.97 Å². The number of hydrogen-bond acceptors (Lipinski definition) is 1. The summed E-state index contributed by atoms with van der Waals surface area (Å²) in [5, 5.41) is 7.62. The quantitative estimate of drug-likeness (QED) is 0.156. The fourth-order valence-corrected chi connectivity index (χ4v) is 10.4. The van der Waals surface area contributed by atoms with Crippen molar-refractivity contribution in [1.29, 1.82) is 0 Å². The van der Waals surface area contributed by atoms with Crippen LogP contribution in [0.1, 0.15) is 0 Å². The monoisotopic (exact) mass is 801 g/mol. The fourth-order valence-electron chi connectivity index (χ4n) is 10.4. The lowest BCUT2D eigenvalue weighted by Gasteiger charge is -2.28. The van der Waals surface area contributed by atoms with E-state index in [2.05, 4.69) is 250 Å². The number of benzene rings is 10. The van der Waals surface area contributed by atoms with E-state index in [1.165, 1.54) is 93.3 Å². The van der Waals surface area contributed by atoms with E-state index in [9.17, 15) is 0 Å². The van der Waals surface area contributed by atoms with E-state index in [1.807, 2.05) is 0 Å². The van der Waals surface area contributed by atoms with Gasteiger partial charge < -0.3 is 13.9 Å². The normalized spacial score (nSPS) is 11.8. The Morgan fingerprint density at radius 1 is 0.286 bits per heavy atom. The van der Waals surface area contributed by atoms with Crippen molar-refractivity contribution in [1.82, 2.24) is 8.97 Å². The number of aromatic nitrogens is 2. The van der Waals surface area contributed by atoms with Gasteiger partial charge in [-0.15, -0.1) is 0 Å². The smallest absolute Gasteiger partial charge is 0.0702 e. The van der Waals surface area contributed by atoms with Crippen molar-refractivity contribution < 1.29 is 0 Å². The van der Waals surface area contributed by atoms with Gasteiger partial charge in [-0.25, -0.2) is 0 Å². The van der Waals surface area contributed by atoms with Crippen molar-refractivity contribution in [3.8, 4) is 39.1 Å². The zero-order valence-electron chi connectivity index (χ0n) is 34.4. The molecule has 3 aromatic heterocycles. The summed E-state index contributed by atoms with van der Waals surface area (Å²) in [7, 11) is 0. The van der Waals surface area contributed by atoms with Crippen LogP contribution in [0.2, 0.25) is 0 Å². The molecule has 0 spiro atoms.